The van der Waals surface area contributed by atoms with Crippen LogP contribution in [0.3, 0.4) is 0 Å². The van der Waals surface area contributed by atoms with Crippen LogP contribution < -0.4 is 10.2 Å². The van der Waals surface area contributed by atoms with Gasteiger partial charge in [-0.2, -0.15) is 0 Å². The SMILES string of the molecule is COCCCNC(=O)c1ccc2c(c1)N(Cc1ccccc1F)C(=O)c1ccccc1[S@@]2=O. The van der Waals surface area contributed by atoms with Crippen LogP contribution in [0.1, 0.15) is 32.7 Å². The van der Waals surface area contributed by atoms with Crippen LogP contribution in [0.15, 0.2) is 76.5 Å². The predicted molar refractivity (Wildman–Crippen MR) is 123 cm³/mol. The van der Waals surface area contributed by atoms with Gasteiger partial charge in [0.1, 0.15) is 5.82 Å². The Morgan fingerprint density at radius 2 is 1.82 bits per heavy atom. The number of ether oxygens (including phenoxy) is 1. The fraction of sp³-hybridized carbons (Fsp3) is 0.200. The summed E-state index contributed by atoms with van der Waals surface area (Å²) in [5.74, 6) is -1.17. The van der Waals surface area contributed by atoms with E-state index in [0.717, 1.165) is 0 Å². The van der Waals surface area contributed by atoms with Crippen LogP contribution >= 0.6 is 0 Å². The molecule has 1 heterocycles. The molecule has 1 aliphatic heterocycles. The van der Waals surface area contributed by atoms with Crippen LogP contribution in [0.4, 0.5) is 10.1 Å². The van der Waals surface area contributed by atoms with Crippen molar-refractivity contribution in [3.63, 3.8) is 0 Å². The number of methoxy groups -OCH3 is 1. The Kier molecular flexibility index (Phi) is 6.96. The maximum absolute atomic E-state index is 14.5. The number of amides is 2. The summed E-state index contributed by atoms with van der Waals surface area (Å²) in [6.45, 7) is 0.884. The van der Waals surface area contributed by atoms with Crippen LogP contribution in [-0.2, 0) is 22.1 Å². The Morgan fingerprint density at radius 3 is 2.61 bits per heavy atom. The molecule has 0 fully saturated rings. The number of anilines is 1. The highest BCUT2D eigenvalue weighted by atomic mass is 32.2. The summed E-state index contributed by atoms with van der Waals surface area (Å²) in [7, 11) is -0.0553. The number of carbonyl (C=O) groups is 2. The van der Waals surface area contributed by atoms with E-state index in [4.69, 9.17) is 4.74 Å². The van der Waals surface area contributed by atoms with Gasteiger partial charge in [-0.15, -0.1) is 0 Å². The van der Waals surface area contributed by atoms with Gasteiger partial charge in [-0.25, -0.2) is 8.60 Å². The van der Waals surface area contributed by atoms with Gasteiger partial charge in [-0.3, -0.25) is 9.59 Å². The van der Waals surface area contributed by atoms with Crippen molar-refractivity contribution >= 4 is 28.3 Å². The minimum Gasteiger partial charge on any atom is -0.385 e. The summed E-state index contributed by atoms with van der Waals surface area (Å²) in [5, 5.41) is 2.81. The topological polar surface area (TPSA) is 75.7 Å². The van der Waals surface area contributed by atoms with Crippen molar-refractivity contribution < 1.29 is 22.9 Å². The van der Waals surface area contributed by atoms with Crippen molar-refractivity contribution in [3.8, 4) is 0 Å². The Balaban J connectivity index is 1.77. The highest BCUT2D eigenvalue weighted by molar-refractivity contribution is 7.85. The number of hydrogen-bond acceptors (Lipinski definition) is 4. The maximum Gasteiger partial charge on any atom is 0.259 e. The number of fused-ring (bicyclic) bond motifs is 2. The molecule has 8 heteroatoms. The zero-order valence-corrected chi connectivity index (χ0v) is 18.9. The molecule has 3 aromatic carbocycles. The number of hydrogen-bond donors (Lipinski definition) is 1. The van der Waals surface area contributed by atoms with E-state index in [9.17, 15) is 18.2 Å². The number of nitrogens with zero attached hydrogens (tertiary/aromatic N) is 1. The Labute approximate surface area is 193 Å². The first-order valence-corrected chi connectivity index (χ1v) is 11.6. The van der Waals surface area contributed by atoms with Gasteiger partial charge >= 0.3 is 0 Å². The summed E-state index contributed by atoms with van der Waals surface area (Å²) in [4.78, 5) is 28.4. The van der Waals surface area contributed by atoms with Gasteiger partial charge in [0.15, 0.2) is 0 Å². The molecule has 2 amide bonds. The normalized spacial score (nSPS) is 14.9. The molecule has 1 aliphatic rings. The molecule has 1 atom stereocenters. The van der Waals surface area contributed by atoms with Gasteiger partial charge in [0.2, 0.25) is 0 Å². The quantitative estimate of drug-likeness (QED) is 0.536. The molecule has 0 bridgehead atoms. The van der Waals surface area contributed by atoms with Crippen molar-refractivity contribution in [2.45, 2.75) is 22.8 Å². The number of halogens is 1. The summed E-state index contributed by atoms with van der Waals surface area (Å²) in [5.41, 5.74) is 1.24. The minimum absolute atomic E-state index is 0.0665. The zero-order chi connectivity index (χ0) is 23.4. The summed E-state index contributed by atoms with van der Waals surface area (Å²) < 4.78 is 32.9. The lowest BCUT2D eigenvalue weighted by Crippen LogP contribution is -2.31. The molecule has 4 rings (SSSR count). The number of carbonyl (C=O) groups excluding carboxylic acids is 2. The molecule has 0 radical (unpaired) electrons. The van der Waals surface area contributed by atoms with Gasteiger partial charge in [-0.1, -0.05) is 30.3 Å². The van der Waals surface area contributed by atoms with E-state index in [1.54, 1.807) is 67.8 Å². The van der Waals surface area contributed by atoms with Gasteiger partial charge in [0.05, 0.1) is 38.4 Å². The molecule has 0 aliphatic carbocycles. The minimum atomic E-state index is -1.65. The van der Waals surface area contributed by atoms with E-state index in [1.807, 2.05) is 0 Å². The molecule has 3 aromatic rings. The molecule has 33 heavy (non-hydrogen) atoms. The molecule has 0 saturated carbocycles. The number of rotatable bonds is 7. The Morgan fingerprint density at radius 1 is 1.06 bits per heavy atom. The lowest BCUT2D eigenvalue weighted by molar-refractivity contribution is 0.0945. The molecule has 170 valence electrons. The van der Waals surface area contributed by atoms with Gasteiger partial charge in [-0.05, 0) is 42.8 Å². The summed E-state index contributed by atoms with van der Waals surface area (Å²) in [6.07, 6.45) is 0.657. The Bertz CT molecular complexity index is 1230. The van der Waals surface area contributed by atoms with Crippen LogP contribution in [0, 0.1) is 5.82 Å². The highest BCUT2D eigenvalue weighted by Crippen LogP contribution is 2.36. The summed E-state index contributed by atoms with van der Waals surface area (Å²) in [6, 6.07) is 17.6. The molecule has 0 saturated heterocycles. The molecule has 0 aromatic heterocycles. The van der Waals surface area contributed by atoms with Gasteiger partial charge in [0, 0.05) is 31.4 Å². The zero-order valence-electron chi connectivity index (χ0n) is 18.0. The van der Waals surface area contributed by atoms with E-state index >= 15 is 0 Å². The van der Waals surface area contributed by atoms with Crippen LogP contribution in [0.2, 0.25) is 0 Å². The maximum atomic E-state index is 14.5. The number of nitrogens with one attached hydrogen (secondary N) is 1. The average Bonchev–Trinajstić information content (AvgIpc) is 2.92. The van der Waals surface area contributed by atoms with E-state index in [-0.39, 0.29) is 18.0 Å². The summed E-state index contributed by atoms with van der Waals surface area (Å²) >= 11 is 0. The fourth-order valence-corrected chi connectivity index (χ4v) is 5.02. The smallest absolute Gasteiger partial charge is 0.259 e. The second kappa shape index (κ2) is 10.1. The second-order valence-corrected chi connectivity index (χ2v) is 8.95. The van der Waals surface area contributed by atoms with Crippen LogP contribution in [-0.4, -0.2) is 36.3 Å². The molecule has 1 N–H and O–H groups in total. The lowest BCUT2D eigenvalue weighted by atomic mass is 10.1. The van der Waals surface area contributed by atoms with Crippen molar-refractivity contribution in [2.24, 2.45) is 0 Å². The van der Waals surface area contributed by atoms with Crippen molar-refractivity contribution in [1.29, 1.82) is 0 Å². The van der Waals surface area contributed by atoms with Gasteiger partial charge in [0.25, 0.3) is 11.8 Å². The van der Waals surface area contributed by atoms with E-state index in [0.29, 0.717) is 46.2 Å². The third-order valence-electron chi connectivity index (χ3n) is 5.37. The largest absolute Gasteiger partial charge is 0.385 e. The van der Waals surface area contributed by atoms with Crippen LogP contribution in [0.25, 0.3) is 0 Å². The monoisotopic (exact) mass is 466 g/mol. The van der Waals surface area contributed by atoms with E-state index in [2.05, 4.69) is 5.32 Å². The van der Waals surface area contributed by atoms with Crippen LogP contribution in [0.5, 0.6) is 0 Å². The first-order chi connectivity index (χ1) is 16.0. The van der Waals surface area contributed by atoms with Crippen molar-refractivity contribution in [2.75, 3.05) is 25.2 Å². The first kappa shape index (κ1) is 22.8. The first-order valence-electron chi connectivity index (χ1n) is 10.5. The van der Waals surface area contributed by atoms with Gasteiger partial charge < -0.3 is 15.0 Å². The predicted octanol–water partition coefficient (Wildman–Crippen LogP) is 3.92. The standard InChI is InChI=1S/C25H23FN2O4S/c1-32-14-6-13-27-24(29)17-11-12-23-21(15-17)28(16-18-7-2-4-9-20(18)26)25(30)19-8-3-5-10-22(19)33(23)31/h2-5,7-12,15H,6,13-14,16H2,1H3,(H,27,29)/t33-/m0/s1. The Hall–Kier alpha value is -3.36. The average molecular weight is 467 g/mol. The van der Waals surface area contributed by atoms with E-state index in [1.165, 1.54) is 11.0 Å². The third kappa shape index (κ3) is 4.72. The molecule has 6 nitrogen and oxygen atoms in total. The van der Waals surface area contributed by atoms with Crippen molar-refractivity contribution in [1.82, 2.24) is 5.32 Å². The lowest BCUT2D eigenvalue weighted by Gasteiger charge is -2.24. The molecular weight excluding hydrogens is 443 g/mol. The molecule has 0 spiro atoms. The third-order valence-corrected chi connectivity index (χ3v) is 6.87. The molecule has 0 unspecified atom stereocenters. The highest BCUT2D eigenvalue weighted by Gasteiger charge is 2.32. The fourth-order valence-electron chi connectivity index (χ4n) is 3.68. The van der Waals surface area contributed by atoms with Crippen molar-refractivity contribution in [3.05, 3.63) is 89.2 Å². The molecular formula is C25H23FN2O4S. The second-order valence-electron chi connectivity index (χ2n) is 7.53. The number of benzene rings is 3. The van der Waals surface area contributed by atoms with E-state index < -0.39 is 22.5 Å².